The molecule has 0 radical (unpaired) electrons. The zero-order valence-corrected chi connectivity index (χ0v) is 11.7. The first kappa shape index (κ1) is 23.7. The summed E-state index contributed by atoms with van der Waals surface area (Å²) < 4.78 is 162. The molecule has 0 N–H and O–H groups in total. The minimum atomic E-state index is -7.82. The Morgan fingerprint density at radius 2 is 1.04 bits per heavy atom. The van der Waals surface area contributed by atoms with E-state index in [-0.39, 0.29) is 6.26 Å². The Morgan fingerprint density at radius 3 is 1.42 bits per heavy atom. The number of nitrogens with zero attached hydrogens (tertiary/aromatic N) is 2. The number of alkyl halides is 12. The minimum Gasteiger partial charge on any atom is -0.427 e. The fourth-order valence-corrected chi connectivity index (χ4v) is 1.31. The van der Waals surface area contributed by atoms with E-state index in [1.807, 2.05) is 0 Å². The van der Waals surface area contributed by atoms with Crippen LogP contribution in [0.2, 0.25) is 0 Å². The summed E-state index contributed by atoms with van der Waals surface area (Å²) in [6.07, 6.45) is -8.89. The smallest absolute Gasteiger partial charge is 0.427 e. The highest BCUT2D eigenvalue weighted by molar-refractivity contribution is 5.10. The lowest BCUT2D eigenvalue weighted by atomic mass is 9.92. The first-order valence-corrected chi connectivity index (χ1v) is 5.72. The fraction of sp³-hybridized carbons (Fsp3) is 0.800. The third-order valence-electron chi connectivity index (χ3n) is 2.76. The number of ether oxygens (including phenoxy) is 2. The summed E-state index contributed by atoms with van der Waals surface area (Å²) in [7, 11) is 0. The molecule has 0 atom stereocenters. The molecule has 26 heavy (non-hydrogen) atoms. The third kappa shape index (κ3) is 3.36. The Labute approximate surface area is 135 Å². The van der Waals surface area contributed by atoms with Crippen LogP contribution in [0.15, 0.2) is 0 Å². The van der Waals surface area contributed by atoms with Gasteiger partial charge in [0.15, 0.2) is 0 Å². The average Bonchev–Trinajstić information content (AvgIpc) is 2.46. The maximum Gasteiger partial charge on any atom is 0.480 e. The molecule has 0 bridgehead atoms. The largest absolute Gasteiger partial charge is 0.480 e. The van der Waals surface area contributed by atoms with Gasteiger partial charge in [0.25, 0.3) is 12.5 Å². The van der Waals surface area contributed by atoms with Gasteiger partial charge in [-0.3, -0.25) is 0 Å². The number of hydrogen-bond donors (Lipinski definition) is 0. The molecular weight excluding hydrogens is 408 g/mol. The summed E-state index contributed by atoms with van der Waals surface area (Å²) in [6, 6.07) is 0. The monoisotopic (exact) mass is 412 g/mol. The van der Waals surface area contributed by atoms with Crippen LogP contribution in [0.1, 0.15) is 6.42 Å². The molecule has 0 aliphatic heterocycles. The molecule has 0 aliphatic rings. The lowest BCUT2D eigenvalue weighted by Gasteiger charge is -2.40. The van der Waals surface area contributed by atoms with Crippen LogP contribution in [-0.4, -0.2) is 42.3 Å². The Hall–Kier alpha value is -2.26. The zero-order chi connectivity index (χ0) is 21.2. The highest BCUT2D eigenvalue weighted by atomic mass is 19.4. The standard InChI is InChI=1S/C10H4F12N2O2/c11-5(12,1-2-25-3-23)6(13,14)7(15,16)8(17,18)9(19,20)10(21,22)26-4-24/h1-2H2. The second-order valence-corrected chi connectivity index (χ2v) is 4.40. The van der Waals surface area contributed by atoms with Crippen molar-refractivity contribution >= 4 is 0 Å². The van der Waals surface area contributed by atoms with Crippen molar-refractivity contribution in [3.8, 4) is 12.5 Å². The molecule has 0 rings (SSSR count). The summed E-state index contributed by atoms with van der Waals surface area (Å²) in [5.74, 6) is -36.6. The number of nitriles is 2. The van der Waals surface area contributed by atoms with Crippen LogP contribution in [0.25, 0.3) is 0 Å². The van der Waals surface area contributed by atoms with Crippen molar-refractivity contribution in [1.82, 2.24) is 0 Å². The Balaban J connectivity index is 6.11. The lowest BCUT2D eigenvalue weighted by molar-refractivity contribution is -0.450. The Morgan fingerprint density at radius 1 is 0.615 bits per heavy atom. The quantitative estimate of drug-likeness (QED) is 0.325. The Bertz CT molecular complexity index is 592. The first-order chi connectivity index (χ1) is 11.4. The molecule has 0 fully saturated rings. The van der Waals surface area contributed by atoms with Gasteiger partial charge >= 0.3 is 35.7 Å². The van der Waals surface area contributed by atoms with Crippen molar-refractivity contribution in [3.63, 3.8) is 0 Å². The third-order valence-corrected chi connectivity index (χ3v) is 2.76. The van der Waals surface area contributed by atoms with E-state index in [0.29, 0.717) is 6.26 Å². The molecule has 0 amide bonds. The topological polar surface area (TPSA) is 66.0 Å². The van der Waals surface area contributed by atoms with Crippen LogP contribution in [0, 0.1) is 23.0 Å². The molecule has 0 aromatic rings. The number of halogens is 12. The van der Waals surface area contributed by atoms with E-state index in [4.69, 9.17) is 10.5 Å². The van der Waals surface area contributed by atoms with E-state index in [9.17, 15) is 52.7 Å². The van der Waals surface area contributed by atoms with E-state index < -0.39 is 48.7 Å². The van der Waals surface area contributed by atoms with Gasteiger partial charge < -0.3 is 9.47 Å². The summed E-state index contributed by atoms with van der Waals surface area (Å²) in [5.41, 5.74) is 0. The molecule has 4 nitrogen and oxygen atoms in total. The summed E-state index contributed by atoms with van der Waals surface area (Å²) in [4.78, 5) is 0. The molecule has 0 aromatic carbocycles. The highest BCUT2D eigenvalue weighted by Gasteiger charge is 2.91. The predicted molar refractivity (Wildman–Crippen MR) is 52.6 cm³/mol. The van der Waals surface area contributed by atoms with Crippen LogP contribution in [0.3, 0.4) is 0 Å². The van der Waals surface area contributed by atoms with Crippen molar-refractivity contribution in [1.29, 1.82) is 10.5 Å². The molecule has 150 valence electrons. The maximum absolute atomic E-state index is 13.2. The molecular formula is C10H4F12N2O2. The van der Waals surface area contributed by atoms with Gasteiger partial charge in [0.05, 0.1) is 6.42 Å². The van der Waals surface area contributed by atoms with Crippen molar-refractivity contribution < 1.29 is 62.2 Å². The van der Waals surface area contributed by atoms with Gasteiger partial charge in [-0.05, 0) is 0 Å². The predicted octanol–water partition coefficient (Wildman–Crippen LogP) is 4.14. The molecule has 0 saturated carbocycles. The van der Waals surface area contributed by atoms with E-state index in [2.05, 4.69) is 9.47 Å². The van der Waals surface area contributed by atoms with Crippen LogP contribution >= 0.6 is 0 Å². The van der Waals surface area contributed by atoms with Crippen LogP contribution < -0.4 is 0 Å². The molecule has 0 saturated heterocycles. The van der Waals surface area contributed by atoms with Gasteiger partial charge in [0.2, 0.25) is 0 Å². The van der Waals surface area contributed by atoms with E-state index in [1.165, 1.54) is 0 Å². The maximum atomic E-state index is 13.2. The molecule has 0 aromatic heterocycles. The minimum absolute atomic E-state index is 0.250. The molecule has 0 unspecified atom stereocenters. The number of hydrogen-bond acceptors (Lipinski definition) is 4. The number of rotatable bonds is 9. The summed E-state index contributed by atoms with van der Waals surface area (Å²) in [5, 5.41) is 15.4. The Kier molecular flexibility index (Phi) is 6.21. The first-order valence-electron chi connectivity index (χ1n) is 5.72. The van der Waals surface area contributed by atoms with Crippen LogP contribution in [-0.2, 0) is 9.47 Å². The van der Waals surface area contributed by atoms with Crippen LogP contribution in [0.4, 0.5) is 52.7 Å². The van der Waals surface area contributed by atoms with Gasteiger partial charge in [-0.1, -0.05) is 0 Å². The summed E-state index contributed by atoms with van der Waals surface area (Å²) in [6.45, 7) is -1.72. The van der Waals surface area contributed by atoms with E-state index >= 15 is 0 Å². The molecule has 0 heterocycles. The van der Waals surface area contributed by atoms with Crippen molar-refractivity contribution in [2.45, 2.75) is 42.1 Å². The molecule has 16 heteroatoms. The van der Waals surface area contributed by atoms with Crippen LogP contribution in [0.5, 0.6) is 0 Å². The van der Waals surface area contributed by atoms with Crippen molar-refractivity contribution in [2.75, 3.05) is 6.61 Å². The second-order valence-electron chi connectivity index (χ2n) is 4.40. The highest BCUT2D eigenvalue weighted by Crippen LogP contribution is 2.60. The zero-order valence-electron chi connectivity index (χ0n) is 11.7. The van der Waals surface area contributed by atoms with E-state index in [1.54, 1.807) is 0 Å². The second kappa shape index (κ2) is 6.81. The molecule has 0 aliphatic carbocycles. The van der Waals surface area contributed by atoms with Gasteiger partial charge in [-0.25, -0.2) is 0 Å². The van der Waals surface area contributed by atoms with Crippen molar-refractivity contribution in [3.05, 3.63) is 0 Å². The van der Waals surface area contributed by atoms with Gasteiger partial charge in [0.1, 0.15) is 6.61 Å². The van der Waals surface area contributed by atoms with Crippen molar-refractivity contribution in [2.24, 2.45) is 0 Å². The van der Waals surface area contributed by atoms with Gasteiger partial charge in [-0.15, -0.1) is 0 Å². The lowest BCUT2D eigenvalue weighted by Crippen LogP contribution is -2.70. The SMILES string of the molecule is N#COCCC(F)(F)C(F)(F)C(F)(F)C(F)(F)C(F)(F)C(F)(F)OC#N. The fourth-order valence-electron chi connectivity index (χ4n) is 1.31. The van der Waals surface area contributed by atoms with E-state index in [0.717, 1.165) is 0 Å². The average molecular weight is 412 g/mol. The normalized spacial score (nSPS) is 14.4. The summed E-state index contributed by atoms with van der Waals surface area (Å²) >= 11 is 0. The molecule has 0 spiro atoms. The van der Waals surface area contributed by atoms with Gasteiger partial charge in [0, 0.05) is 0 Å². The van der Waals surface area contributed by atoms with Gasteiger partial charge in [-0.2, -0.15) is 63.2 Å².